The molecule has 0 aliphatic carbocycles. The maximum absolute atomic E-state index is 5.55. The highest BCUT2D eigenvalue weighted by Gasteiger charge is 2.27. The molecule has 0 unspecified atom stereocenters. The fourth-order valence-corrected chi connectivity index (χ4v) is 1.94. The quantitative estimate of drug-likeness (QED) is 0.849. The molecule has 0 atom stereocenters. The van der Waals surface area contributed by atoms with Gasteiger partial charge in [0.1, 0.15) is 0 Å². The van der Waals surface area contributed by atoms with Crippen molar-refractivity contribution in [3.05, 3.63) is 16.6 Å². The van der Waals surface area contributed by atoms with Crippen molar-refractivity contribution in [3.63, 3.8) is 0 Å². The first-order valence-electron chi connectivity index (χ1n) is 5.04. The zero-order valence-electron chi connectivity index (χ0n) is 9.03. The second kappa shape index (κ2) is 4.57. The number of hydrogen-bond donors (Lipinski definition) is 1. The first-order valence-corrected chi connectivity index (χ1v) is 5.98. The molecule has 0 aromatic carbocycles. The van der Waals surface area contributed by atoms with Crippen molar-refractivity contribution in [3.8, 4) is 0 Å². The SMILES string of the molecule is CC1(C)OCC(NCc2cscn2)CO1. The first-order chi connectivity index (χ1) is 7.16. The van der Waals surface area contributed by atoms with Crippen LogP contribution >= 0.6 is 11.3 Å². The monoisotopic (exact) mass is 228 g/mol. The largest absolute Gasteiger partial charge is 0.349 e. The fourth-order valence-electron chi connectivity index (χ4n) is 1.38. The molecular formula is C10H16N2O2S. The molecule has 1 aromatic heterocycles. The second-order valence-corrected chi connectivity index (χ2v) is 4.80. The van der Waals surface area contributed by atoms with Gasteiger partial charge in [0.15, 0.2) is 5.79 Å². The molecule has 1 aromatic rings. The maximum atomic E-state index is 5.55. The van der Waals surface area contributed by atoms with E-state index in [2.05, 4.69) is 10.3 Å². The molecule has 84 valence electrons. The Balaban J connectivity index is 1.73. The highest BCUT2D eigenvalue weighted by Crippen LogP contribution is 2.17. The van der Waals surface area contributed by atoms with E-state index in [1.54, 1.807) is 11.3 Å². The summed E-state index contributed by atoms with van der Waals surface area (Å²) in [4.78, 5) is 4.20. The number of hydrogen-bond acceptors (Lipinski definition) is 5. The van der Waals surface area contributed by atoms with Crippen LogP contribution in [-0.2, 0) is 16.0 Å². The van der Waals surface area contributed by atoms with Gasteiger partial charge in [0.2, 0.25) is 0 Å². The predicted octanol–water partition coefficient (Wildman–Crippen LogP) is 1.38. The lowest BCUT2D eigenvalue weighted by molar-refractivity contribution is -0.253. The molecule has 0 amide bonds. The van der Waals surface area contributed by atoms with E-state index in [0.29, 0.717) is 13.2 Å². The predicted molar refractivity (Wildman–Crippen MR) is 58.7 cm³/mol. The van der Waals surface area contributed by atoms with Gasteiger partial charge in [-0.3, -0.25) is 0 Å². The third-order valence-corrected chi connectivity index (χ3v) is 2.95. The summed E-state index contributed by atoms with van der Waals surface area (Å²) in [6.07, 6.45) is 0. The first kappa shape index (κ1) is 11.0. The van der Waals surface area contributed by atoms with E-state index in [4.69, 9.17) is 9.47 Å². The van der Waals surface area contributed by atoms with E-state index in [9.17, 15) is 0 Å². The number of nitrogens with zero attached hydrogens (tertiary/aromatic N) is 1. The smallest absolute Gasteiger partial charge is 0.162 e. The van der Waals surface area contributed by atoms with E-state index in [1.807, 2.05) is 24.7 Å². The van der Waals surface area contributed by atoms with Crippen LogP contribution in [-0.4, -0.2) is 30.0 Å². The molecule has 2 rings (SSSR count). The van der Waals surface area contributed by atoms with Crippen molar-refractivity contribution < 1.29 is 9.47 Å². The molecule has 5 heteroatoms. The summed E-state index contributed by atoms with van der Waals surface area (Å²) in [6.45, 7) is 6.03. The lowest BCUT2D eigenvalue weighted by Crippen LogP contribution is -2.48. The van der Waals surface area contributed by atoms with Crippen molar-refractivity contribution >= 4 is 11.3 Å². The summed E-state index contributed by atoms with van der Waals surface area (Å²) in [7, 11) is 0. The third kappa shape index (κ3) is 3.24. The van der Waals surface area contributed by atoms with Crippen molar-refractivity contribution in [1.29, 1.82) is 0 Å². The Morgan fingerprint density at radius 2 is 2.27 bits per heavy atom. The van der Waals surface area contributed by atoms with Crippen LogP contribution in [0.15, 0.2) is 10.9 Å². The summed E-state index contributed by atoms with van der Waals surface area (Å²) in [5.74, 6) is -0.432. The Morgan fingerprint density at radius 1 is 1.53 bits per heavy atom. The second-order valence-electron chi connectivity index (χ2n) is 4.08. The molecule has 0 bridgehead atoms. The maximum Gasteiger partial charge on any atom is 0.162 e. The van der Waals surface area contributed by atoms with E-state index >= 15 is 0 Å². The van der Waals surface area contributed by atoms with Gasteiger partial charge in [-0.2, -0.15) is 0 Å². The Labute approximate surface area is 93.6 Å². The van der Waals surface area contributed by atoms with Gasteiger partial charge in [-0.1, -0.05) is 0 Å². The number of ether oxygens (including phenoxy) is 2. The van der Waals surface area contributed by atoms with Crippen LogP contribution in [0.4, 0.5) is 0 Å². The summed E-state index contributed by atoms with van der Waals surface area (Å²) in [5.41, 5.74) is 2.92. The van der Waals surface area contributed by atoms with E-state index in [-0.39, 0.29) is 6.04 Å². The van der Waals surface area contributed by atoms with Gasteiger partial charge in [0.05, 0.1) is 30.5 Å². The van der Waals surface area contributed by atoms with E-state index in [0.717, 1.165) is 12.2 Å². The number of nitrogens with one attached hydrogen (secondary N) is 1. The molecule has 4 nitrogen and oxygen atoms in total. The van der Waals surface area contributed by atoms with Gasteiger partial charge in [-0.05, 0) is 13.8 Å². The Morgan fingerprint density at radius 3 is 2.87 bits per heavy atom. The fraction of sp³-hybridized carbons (Fsp3) is 0.700. The van der Waals surface area contributed by atoms with Crippen molar-refractivity contribution in [1.82, 2.24) is 10.3 Å². The zero-order chi connectivity index (χ0) is 10.7. The van der Waals surface area contributed by atoms with Crippen LogP contribution in [0.5, 0.6) is 0 Å². The number of aromatic nitrogens is 1. The molecular weight excluding hydrogens is 212 g/mol. The minimum Gasteiger partial charge on any atom is -0.349 e. The average molecular weight is 228 g/mol. The van der Waals surface area contributed by atoms with Gasteiger partial charge in [0, 0.05) is 11.9 Å². The Kier molecular flexibility index (Phi) is 3.35. The molecule has 1 aliphatic heterocycles. The van der Waals surface area contributed by atoms with Crippen molar-refractivity contribution in [2.45, 2.75) is 32.2 Å². The molecule has 0 radical (unpaired) electrons. The van der Waals surface area contributed by atoms with Crippen LogP contribution in [0.2, 0.25) is 0 Å². The summed E-state index contributed by atoms with van der Waals surface area (Å²) in [6, 6.07) is 0.264. The van der Waals surface area contributed by atoms with Gasteiger partial charge in [-0.15, -0.1) is 11.3 Å². The third-order valence-electron chi connectivity index (χ3n) is 2.32. The normalized spacial score (nSPS) is 21.7. The van der Waals surface area contributed by atoms with Gasteiger partial charge >= 0.3 is 0 Å². The van der Waals surface area contributed by atoms with Crippen LogP contribution < -0.4 is 5.32 Å². The van der Waals surface area contributed by atoms with Crippen molar-refractivity contribution in [2.75, 3.05) is 13.2 Å². The lowest BCUT2D eigenvalue weighted by Gasteiger charge is -2.35. The minimum absolute atomic E-state index is 0.264. The number of rotatable bonds is 3. The molecule has 1 aliphatic rings. The summed E-state index contributed by atoms with van der Waals surface area (Å²) >= 11 is 1.61. The average Bonchev–Trinajstić information content (AvgIpc) is 2.69. The molecule has 1 saturated heterocycles. The minimum atomic E-state index is -0.432. The topological polar surface area (TPSA) is 43.4 Å². The van der Waals surface area contributed by atoms with Gasteiger partial charge < -0.3 is 14.8 Å². The van der Waals surface area contributed by atoms with Crippen LogP contribution in [0.25, 0.3) is 0 Å². The molecule has 0 saturated carbocycles. The summed E-state index contributed by atoms with van der Waals surface area (Å²) < 4.78 is 11.1. The molecule has 1 N–H and O–H groups in total. The lowest BCUT2D eigenvalue weighted by atomic mass is 10.2. The van der Waals surface area contributed by atoms with Crippen molar-refractivity contribution in [2.24, 2.45) is 0 Å². The van der Waals surface area contributed by atoms with Gasteiger partial charge in [-0.25, -0.2) is 4.98 Å². The van der Waals surface area contributed by atoms with Crippen LogP contribution in [0.3, 0.4) is 0 Å². The Hall–Kier alpha value is -0.490. The molecule has 15 heavy (non-hydrogen) atoms. The van der Waals surface area contributed by atoms with E-state index < -0.39 is 5.79 Å². The summed E-state index contributed by atoms with van der Waals surface area (Å²) in [5, 5.41) is 5.40. The highest BCUT2D eigenvalue weighted by molar-refractivity contribution is 7.07. The molecule has 1 fully saturated rings. The van der Waals surface area contributed by atoms with Gasteiger partial charge in [0.25, 0.3) is 0 Å². The standard InChI is InChI=1S/C10H16N2O2S/c1-10(2)13-4-9(5-14-10)11-3-8-6-15-7-12-8/h6-7,9,11H,3-5H2,1-2H3. The molecule has 0 spiro atoms. The Bertz CT molecular complexity index is 290. The van der Waals surface area contributed by atoms with Crippen LogP contribution in [0.1, 0.15) is 19.5 Å². The molecule has 2 heterocycles. The van der Waals surface area contributed by atoms with Crippen LogP contribution in [0, 0.1) is 0 Å². The number of thiazole rings is 1. The zero-order valence-corrected chi connectivity index (χ0v) is 9.84. The van der Waals surface area contributed by atoms with E-state index in [1.165, 1.54) is 0 Å². The highest BCUT2D eigenvalue weighted by atomic mass is 32.1.